The summed E-state index contributed by atoms with van der Waals surface area (Å²) in [7, 11) is 0. The highest BCUT2D eigenvalue weighted by molar-refractivity contribution is 5.98. The average Bonchev–Trinajstić information content (AvgIpc) is 3.10. The minimum atomic E-state index is -0.101. The van der Waals surface area contributed by atoms with Crippen LogP contribution in [0, 0.1) is 0 Å². The van der Waals surface area contributed by atoms with Crippen molar-refractivity contribution in [3.8, 4) is 11.1 Å². The molecule has 1 N–H and O–H groups in total. The van der Waals surface area contributed by atoms with Crippen molar-refractivity contribution in [2.45, 2.75) is 31.7 Å². The maximum absolute atomic E-state index is 12.3. The Balaban J connectivity index is 1.81. The summed E-state index contributed by atoms with van der Waals surface area (Å²) in [5, 5.41) is 3.06. The van der Waals surface area contributed by atoms with Gasteiger partial charge in [0.15, 0.2) is 5.76 Å². The monoisotopic (exact) mass is 255 g/mol. The fourth-order valence-corrected chi connectivity index (χ4v) is 2.65. The van der Waals surface area contributed by atoms with E-state index in [1.807, 2.05) is 36.4 Å². The summed E-state index contributed by atoms with van der Waals surface area (Å²) >= 11 is 0. The molecule has 1 saturated carbocycles. The van der Waals surface area contributed by atoms with Crippen molar-refractivity contribution in [1.29, 1.82) is 0 Å². The van der Waals surface area contributed by atoms with Crippen LogP contribution in [0.25, 0.3) is 11.1 Å². The van der Waals surface area contributed by atoms with Crippen LogP contribution in [-0.2, 0) is 0 Å². The van der Waals surface area contributed by atoms with Crippen molar-refractivity contribution in [3.05, 3.63) is 48.4 Å². The summed E-state index contributed by atoms with van der Waals surface area (Å²) in [5.74, 6) is 0.314. The lowest BCUT2D eigenvalue weighted by Gasteiger charge is -2.11. The number of rotatable bonds is 3. The van der Waals surface area contributed by atoms with E-state index in [2.05, 4.69) is 5.32 Å². The molecule has 98 valence electrons. The molecule has 1 heterocycles. The number of hydrogen-bond donors (Lipinski definition) is 1. The van der Waals surface area contributed by atoms with Crippen LogP contribution < -0.4 is 5.32 Å². The van der Waals surface area contributed by atoms with E-state index in [4.69, 9.17) is 4.42 Å². The van der Waals surface area contributed by atoms with Crippen LogP contribution in [0.2, 0.25) is 0 Å². The molecule has 0 unspecified atom stereocenters. The topological polar surface area (TPSA) is 42.2 Å². The Labute approximate surface area is 112 Å². The van der Waals surface area contributed by atoms with E-state index in [1.165, 1.54) is 12.8 Å². The number of benzene rings is 1. The first kappa shape index (κ1) is 12.0. The molecule has 0 saturated heterocycles. The van der Waals surface area contributed by atoms with Gasteiger partial charge in [-0.05, 0) is 24.5 Å². The lowest BCUT2D eigenvalue weighted by molar-refractivity contribution is 0.0911. The lowest BCUT2D eigenvalue weighted by atomic mass is 10.1. The number of nitrogens with one attached hydrogen (secondary N) is 1. The van der Waals surface area contributed by atoms with Gasteiger partial charge in [0.1, 0.15) is 0 Å². The van der Waals surface area contributed by atoms with E-state index in [9.17, 15) is 4.79 Å². The maximum atomic E-state index is 12.3. The average molecular weight is 255 g/mol. The quantitative estimate of drug-likeness (QED) is 0.910. The lowest BCUT2D eigenvalue weighted by Crippen LogP contribution is -2.32. The molecule has 3 heteroatoms. The zero-order valence-corrected chi connectivity index (χ0v) is 10.8. The molecule has 1 aromatic carbocycles. The Kier molecular flexibility index (Phi) is 3.36. The second kappa shape index (κ2) is 5.31. The van der Waals surface area contributed by atoms with E-state index in [1.54, 1.807) is 6.26 Å². The van der Waals surface area contributed by atoms with Gasteiger partial charge in [-0.1, -0.05) is 43.2 Å². The molecular weight excluding hydrogens is 238 g/mol. The first-order valence-electron chi connectivity index (χ1n) is 6.78. The molecule has 19 heavy (non-hydrogen) atoms. The van der Waals surface area contributed by atoms with Gasteiger partial charge in [-0.25, -0.2) is 0 Å². The highest BCUT2D eigenvalue weighted by atomic mass is 16.3. The number of carbonyl (C=O) groups is 1. The second-order valence-corrected chi connectivity index (χ2v) is 4.98. The van der Waals surface area contributed by atoms with Gasteiger partial charge in [0.05, 0.1) is 6.26 Å². The molecule has 1 aliphatic rings. The summed E-state index contributed by atoms with van der Waals surface area (Å²) < 4.78 is 5.38. The van der Waals surface area contributed by atoms with Gasteiger partial charge in [-0.2, -0.15) is 0 Å². The molecule has 0 aliphatic heterocycles. The molecule has 0 radical (unpaired) electrons. The third kappa shape index (κ3) is 2.55. The molecule has 1 aromatic heterocycles. The van der Waals surface area contributed by atoms with E-state index in [-0.39, 0.29) is 5.91 Å². The summed E-state index contributed by atoms with van der Waals surface area (Å²) in [5.41, 5.74) is 1.86. The van der Waals surface area contributed by atoms with Crippen molar-refractivity contribution in [3.63, 3.8) is 0 Å². The smallest absolute Gasteiger partial charge is 0.287 e. The predicted octanol–water partition coefficient (Wildman–Crippen LogP) is 3.62. The molecule has 3 rings (SSSR count). The normalized spacial score (nSPS) is 15.6. The molecule has 0 spiro atoms. The van der Waals surface area contributed by atoms with Gasteiger partial charge in [-0.3, -0.25) is 4.79 Å². The van der Waals surface area contributed by atoms with E-state index in [0.717, 1.165) is 24.0 Å². The summed E-state index contributed by atoms with van der Waals surface area (Å²) in [6, 6.07) is 12.0. The highest BCUT2D eigenvalue weighted by Crippen LogP contribution is 2.25. The summed E-state index contributed by atoms with van der Waals surface area (Å²) in [4.78, 5) is 12.3. The number of hydrogen-bond acceptors (Lipinski definition) is 2. The largest absolute Gasteiger partial charge is 0.459 e. The van der Waals surface area contributed by atoms with Crippen molar-refractivity contribution in [2.75, 3.05) is 0 Å². The first-order valence-corrected chi connectivity index (χ1v) is 6.78. The van der Waals surface area contributed by atoms with Crippen LogP contribution in [0.3, 0.4) is 0 Å². The molecular formula is C16H17NO2. The van der Waals surface area contributed by atoms with Gasteiger partial charge in [0, 0.05) is 11.6 Å². The molecule has 0 atom stereocenters. The van der Waals surface area contributed by atoms with E-state index in [0.29, 0.717) is 11.8 Å². The van der Waals surface area contributed by atoms with Gasteiger partial charge < -0.3 is 9.73 Å². The Morgan fingerprint density at radius 1 is 1.11 bits per heavy atom. The third-order valence-corrected chi connectivity index (χ3v) is 3.65. The van der Waals surface area contributed by atoms with Crippen molar-refractivity contribution in [2.24, 2.45) is 0 Å². The molecule has 3 nitrogen and oxygen atoms in total. The maximum Gasteiger partial charge on any atom is 0.287 e. The SMILES string of the molecule is O=C(NC1CCCC1)c1occc1-c1ccccc1. The highest BCUT2D eigenvalue weighted by Gasteiger charge is 2.22. The van der Waals surface area contributed by atoms with Gasteiger partial charge in [0.25, 0.3) is 5.91 Å². The first-order chi connectivity index (χ1) is 9.34. The Morgan fingerprint density at radius 3 is 2.58 bits per heavy atom. The number of amides is 1. The minimum Gasteiger partial charge on any atom is -0.459 e. The summed E-state index contributed by atoms with van der Waals surface area (Å²) in [6.45, 7) is 0. The van der Waals surface area contributed by atoms with Crippen molar-refractivity contribution in [1.82, 2.24) is 5.32 Å². The van der Waals surface area contributed by atoms with Crippen molar-refractivity contribution >= 4 is 5.91 Å². The Hall–Kier alpha value is -2.03. The van der Waals surface area contributed by atoms with E-state index < -0.39 is 0 Å². The molecule has 2 aromatic rings. The molecule has 1 fully saturated rings. The van der Waals surface area contributed by atoms with Crippen LogP contribution in [0.5, 0.6) is 0 Å². The Bertz CT molecular complexity index is 553. The molecule has 1 aliphatic carbocycles. The van der Waals surface area contributed by atoms with Gasteiger partial charge in [0.2, 0.25) is 0 Å². The Morgan fingerprint density at radius 2 is 1.84 bits per heavy atom. The fourth-order valence-electron chi connectivity index (χ4n) is 2.65. The van der Waals surface area contributed by atoms with E-state index >= 15 is 0 Å². The molecule has 0 bridgehead atoms. The minimum absolute atomic E-state index is 0.101. The standard InChI is InChI=1S/C16H17NO2/c18-16(17-13-8-4-5-9-13)15-14(10-11-19-15)12-6-2-1-3-7-12/h1-3,6-7,10-11,13H,4-5,8-9H2,(H,17,18). The van der Waals surface area contributed by atoms with Crippen molar-refractivity contribution < 1.29 is 9.21 Å². The zero-order valence-electron chi connectivity index (χ0n) is 10.8. The third-order valence-electron chi connectivity index (χ3n) is 3.65. The van der Waals surface area contributed by atoms with Gasteiger partial charge >= 0.3 is 0 Å². The van der Waals surface area contributed by atoms with Gasteiger partial charge in [-0.15, -0.1) is 0 Å². The second-order valence-electron chi connectivity index (χ2n) is 4.98. The molecule has 1 amide bonds. The zero-order chi connectivity index (χ0) is 13.1. The van der Waals surface area contributed by atoms with Crippen LogP contribution in [-0.4, -0.2) is 11.9 Å². The number of furan rings is 1. The van der Waals surface area contributed by atoms with Crippen LogP contribution in [0.4, 0.5) is 0 Å². The van der Waals surface area contributed by atoms with Crippen LogP contribution in [0.15, 0.2) is 47.1 Å². The summed E-state index contributed by atoms with van der Waals surface area (Å²) in [6.07, 6.45) is 6.13. The van der Waals surface area contributed by atoms with Crippen LogP contribution >= 0.6 is 0 Å². The fraction of sp³-hybridized carbons (Fsp3) is 0.312. The van der Waals surface area contributed by atoms with Crippen LogP contribution in [0.1, 0.15) is 36.2 Å². The number of carbonyl (C=O) groups excluding carboxylic acids is 1. The predicted molar refractivity (Wildman–Crippen MR) is 73.9 cm³/mol.